The maximum Gasteiger partial charge on any atom is 0.408 e. The number of benzene rings is 2. The summed E-state index contributed by atoms with van der Waals surface area (Å²) in [5.74, 6) is 0.235. The van der Waals surface area contributed by atoms with Crippen molar-refractivity contribution in [2.45, 2.75) is 47.1 Å². The standard InChI is InChI=1S/C13H9ClO.C7H14N2O3.C4H10/c14-12-8-4-7-11(9-12)13(15)10-5-2-1-3-6-10;1-7(2,3)12-6(11)9-4-5(8)10;1-4(2)3/h1-9H;4H2,1-3H3,(H2,8,10)(H,9,11);4H,1-3H3. The van der Waals surface area contributed by atoms with Gasteiger partial charge in [0.25, 0.3) is 0 Å². The van der Waals surface area contributed by atoms with Crippen LogP contribution in [0.5, 0.6) is 0 Å². The molecule has 6 nitrogen and oxygen atoms in total. The van der Waals surface area contributed by atoms with E-state index in [0.29, 0.717) is 16.1 Å². The van der Waals surface area contributed by atoms with Crippen LogP contribution in [0.15, 0.2) is 54.6 Å². The van der Waals surface area contributed by atoms with Gasteiger partial charge in [-0.3, -0.25) is 9.59 Å². The van der Waals surface area contributed by atoms with E-state index in [0.717, 1.165) is 5.92 Å². The smallest absolute Gasteiger partial charge is 0.408 e. The van der Waals surface area contributed by atoms with Gasteiger partial charge in [0.2, 0.25) is 5.91 Å². The summed E-state index contributed by atoms with van der Waals surface area (Å²) in [6, 6.07) is 16.1. The fraction of sp³-hybridized carbons (Fsp3) is 0.375. The monoisotopic (exact) mass is 448 g/mol. The molecule has 0 aliphatic rings. The zero-order valence-electron chi connectivity index (χ0n) is 19.1. The molecule has 0 aliphatic heterocycles. The summed E-state index contributed by atoms with van der Waals surface area (Å²) < 4.78 is 4.83. The summed E-state index contributed by atoms with van der Waals surface area (Å²) >= 11 is 5.82. The third-order valence-electron chi connectivity index (χ3n) is 2.93. The van der Waals surface area contributed by atoms with Crippen molar-refractivity contribution >= 4 is 29.4 Å². The molecule has 2 aromatic carbocycles. The summed E-state index contributed by atoms with van der Waals surface area (Å²) in [5.41, 5.74) is 5.54. The average molecular weight is 449 g/mol. The van der Waals surface area contributed by atoms with Crippen LogP contribution in [0.1, 0.15) is 57.5 Å². The number of alkyl carbamates (subject to hydrolysis) is 1. The minimum atomic E-state index is -0.638. The lowest BCUT2D eigenvalue weighted by atomic mass is 10.0. The van der Waals surface area contributed by atoms with Crippen LogP contribution >= 0.6 is 11.6 Å². The molecule has 7 heteroatoms. The third-order valence-corrected chi connectivity index (χ3v) is 3.16. The molecule has 0 unspecified atom stereocenters. The molecule has 0 aromatic heterocycles. The van der Waals surface area contributed by atoms with Crippen LogP contribution in [0, 0.1) is 5.92 Å². The maximum atomic E-state index is 11.9. The fourth-order valence-electron chi connectivity index (χ4n) is 1.86. The Labute approximate surface area is 190 Å². The molecule has 31 heavy (non-hydrogen) atoms. The average Bonchev–Trinajstić information content (AvgIpc) is 2.65. The molecule has 2 amide bonds. The Bertz CT molecular complexity index is 828. The third kappa shape index (κ3) is 15.6. The highest BCUT2D eigenvalue weighted by molar-refractivity contribution is 6.31. The predicted octanol–water partition coefficient (Wildman–Crippen LogP) is 5.23. The first-order valence-corrected chi connectivity index (χ1v) is 10.3. The molecule has 0 radical (unpaired) electrons. The summed E-state index contributed by atoms with van der Waals surface area (Å²) in [6.07, 6.45) is -0.638. The number of ketones is 1. The topological polar surface area (TPSA) is 98.5 Å². The van der Waals surface area contributed by atoms with E-state index >= 15 is 0 Å². The number of hydrogen-bond donors (Lipinski definition) is 2. The summed E-state index contributed by atoms with van der Waals surface area (Å²) in [5, 5.41) is 2.78. The molecule has 0 fully saturated rings. The molecule has 0 spiro atoms. The van der Waals surface area contributed by atoms with E-state index in [1.807, 2.05) is 18.2 Å². The van der Waals surface area contributed by atoms with Gasteiger partial charge in [-0.25, -0.2) is 4.79 Å². The number of ether oxygens (including phenoxy) is 1. The van der Waals surface area contributed by atoms with Gasteiger partial charge in [0.1, 0.15) is 5.60 Å². The molecule has 0 atom stereocenters. The Hall–Kier alpha value is -2.86. The highest BCUT2D eigenvalue weighted by atomic mass is 35.5. The first-order valence-electron chi connectivity index (χ1n) is 9.92. The quantitative estimate of drug-likeness (QED) is 0.625. The van der Waals surface area contributed by atoms with Crippen LogP contribution in [-0.4, -0.2) is 29.9 Å². The fourth-order valence-corrected chi connectivity index (χ4v) is 2.05. The number of primary amides is 1. The molecular weight excluding hydrogens is 416 g/mol. The second kappa shape index (κ2) is 14.2. The van der Waals surface area contributed by atoms with E-state index in [1.54, 1.807) is 57.2 Å². The van der Waals surface area contributed by atoms with E-state index in [9.17, 15) is 14.4 Å². The molecule has 0 saturated carbocycles. The number of halogens is 1. The van der Waals surface area contributed by atoms with Crippen molar-refractivity contribution < 1.29 is 19.1 Å². The molecule has 2 rings (SSSR count). The van der Waals surface area contributed by atoms with Crippen LogP contribution in [-0.2, 0) is 9.53 Å². The van der Waals surface area contributed by atoms with Gasteiger partial charge >= 0.3 is 6.09 Å². The Morgan fingerprint density at radius 1 is 0.968 bits per heavy atom. The SMILES string of the molecule is CC(C)(C)OC(=O)NCC(N)=O.CC(C)C.O=C(c1ccccc1)c1cccc(Cl)c1. The number of amides is 2. The van der Waals surface area contributed by atoms with E-state index in [4.69, 9.17) is 22.1 Å². The zero-order valence-corrected chi connectivity index (χ0v) is 19.8. The van der Waals surface area contributed by atoms with Gasteiger partial charge in [-0.1, -0.05) is 74.8 Å². The molecule has 3 N–H and O–H groups in total. The zero-order chi connectivity index (χ0) is 24.0. The van der Waals surface area contributed by atoms with Crippen molar-refractivity contribution in [3.63, 3.8) is 0 Å². The van der Waals surface area contributed by atoms with Crippen molar-refractivity contribution in [2.75, 3.05) is 6.54 Å². The number of hydrogen-bond acceptors (Lipinski definition) is 4. The minimum absolute atomic E-state index is 0.00176. The Balaban J connectivity index is 0.000000507. The van der Waals surface area contributed by atoms with Crippen LogP contribution in [0.3, 0.4) is 0 Å². The number of nitrogens with two attached hydrogens (primary N) is 1. The molecule has 0 aliphatic carbocycles. The number of rotatable bonds is 4. The van der Waals surface area contributed by atoms with Gasteiger partial charge in [0, 0.05) is 16.1 Å². The van der Waals surface area contributed by atoms with Gasteiger partial charge in [-0.2, -0.15) is 0 Å². The summed E-state index contributed by atoms with van der Waals surface area (Å²) in [6.45, 7) is 11.5. The lowest BCUT2D eigenvalue weighted by Crippen LogP contribution is -2.37. The van der Waals surface area contributed by atoms with E-state index < -0.39 is 17.6 Å². The lowest BCUT2D eigenvalue weighted by molar-refractivity contribution is -0.117. The molecule has 0 bridgehead atoms. The lowest BCUT2D eigenvalue weighted by Gasteiger charge is -2.19. The van der Waals surface area contributed by atoms with Crippen molar-refractivity contribution in [2.24, 2.45) is 11.7 Å². The highest BCUT2D eigenvalue weighted by Crippen LogP contribution is 2.14. The maximum absolute atomic E-state index is 11.9. The van der Waals surface area contributed by atoms with Gasteiger partial charge in [-0.15, -0.1) is 0 Å². The molecular formula is C24H33ClN2O4. The highest BCUT2D eigenvalue weighted by Gasteiger charge is 2.15. The Morgan fingerprint density at radius 2 is 1.48 bits per heavy atom. The van der Waals surface area contributed by atoms with Gasteiger partial charge in [0.05, 0.1) is 6.54 Å². The van der Waals surface area contributed by atoms with Gasteiger partial charge < -0.3 is 15.8 Å². The van der Waals surface area contributed by atoms with Crippen LogP contribution in [0.4, 0.5) is 4.79 Å². The van der Waals surface area contributed by atoms with E-state index in [1.165, 1.54) is 0 Å². The number of nitrogens with one attached hydrogen (secondary N) is 1. The van der Waals surface area contributed by atoms with Crippen molar-refractivity contribution in [3.05, 3.63) is 70.7 Å². The van der Waals surface area contributed by atoms with Gasteiger partial charge in [0.15, 0.2) is 5.78 Å². The van der Waals surface area contributed by atoms with E-state index in [-0.39, 0.29) is 12.3 Å². The van der Waals surface area contributed by atoms with Crippen LogP contribution in [0.25, 0.3) is 0 Å². The second-order valence-corrected chi connectivity index (χ2v) is 8.70. The number of carbonyl (C=O) groups excluding carboxylic acids is 3. The Kier molecular flexibility index (Phi) is 12.9. The molecule has 0 saturated heterocycles. The van der Waals surface area contributed by atoms with Crippen LogP contribution in [0.2, 0.25) is 5.02 Å². The summed E-state index contributed by atoms with van der Waals surface area (Å²) in [7, 11) is 0. The van der Waals surface area contributed by atoms with E-state index in [2.05, 4.69) is 26.1 Å². The molecule has 0 heterocycles. The van der Waals surface area contributed by atoms with Crippen molar-refractivity contribution in [3.8, 4) is 0 Å². The summed E-state index contributed by atoms with van der Waals surface area (Å²) in [4.78, 5) is 33.0. The minimum Gasteiger partial charge on any atom is -0.444 e. The number of carbonyl (C=O) groups is 3. The molecule has 2 aromatic rings. The largest absolute Gasteiger partial charge is 0.444 e. The normalized spacial score (nSPS) is 10.1. The second-order valence-electron chi connectivity index (χ2n) is 8.26. The van der Waals surface area contributed by atoms with Gasteiger partial charge in [-0.05, 0) is 38.8 Å². The Morgan fingerprint density at radius 3 is 1.94 bits per heavy atom. The first-order chi connectivity index (χ1) is 14.3. The molecule has 170 valence electrons. The van der Waals surface area contributed by atoms with Crippen molar-refractivity contribution in [1.29, 1.82) is 0 Å². The van der Waals surface area contributed by atoms with Crippen LogP contribution < -0.4 is 11.1 Å². The van der Waals surface area contributed by atoms with Crippen molar-refractivity contribution in [1.82, 2.24) is 5.32 Å². The first kappa shape index (κ1) is 28.1. The predicted molar refractivity (Wildman–Crippen MR) is 125 cm³/mol.